The summed E-state index contributed by atoms with van der Waals surface area (Å²) in [5, 5.41) is 7.44. The van der Waals surface area contributed by atoms with Gasteiger partial charge in [-0.1, -0.05) is 78.9 Å². The fourth-order valence-electron chi connectivity index (χ4n) is 4.28. The van der Waals surface area contributed by atoms with Crippen molar-refractivity contribution < 1.29 is 0 Å². The van der Waals surface area contributed by atoms with Crippen molar-refractivity contribution in [3.63, 3.8) is 0 Å². The Kier molecular flexibility index (Phi) is 2.91. The van der Waals surface area contributed by atoms with E-state index in [9.17, 15) is 0 Å². The van der Waals surface area contributed by atoms with Gasteiger partial charge in [-0.3, -0.25) is 4.40 Å². The fourth-order valence-corrected chi connectivity index (χ4v) is 4.28. The van der Waals surface area contributed by atoms with E-state index in [1.54, 1.807) is 0 Å². The van der Waals surface area contributed by atoms with Crippen molar-refractivity contribution in [2.45, 2.75) is 0 Å². The molecule has 0 fully saturated rings. The number of rotatable bonds is 0. The predicted octanol–water partition coefficient (Wildman–Crippen LogP) is 6.51. The molecule has 0 radical (unpaired) electrons. The Morgan fingerprint density at radius 2 is 1.00 bits per heavy atom. The van der Waals surface area contributed by atoms with Crippen molar-refractivity contribution in [2.75, 3.05) is 0 Å². The zero-order chi connectivity index (χ0) is 17.8. The highest BCUT2D eigenvalue weighted by molar-refractivity contribution is 6.20. The first-order valence-electron chi connectivity index (χ1n) is 9.16. The van der Waals surface area contributed by atoms with Gasteiger partial charge in [0.1, 0.15) is 6.33 Å². The van der Waals surface area contributed by atoms with Gasteiger partial charge < -0.3 is 0 Å². The molecule has 0 saturated heterocycles. The Morgan fingerprint density at radius 3 is 1.70 bits per heavy atom. The summed E-state index contributed by atoms with van der Waals surface area (Å²) in [6, 6.07) is 32.4. The van der Waals surface area contributed by atoms with E-state index < -0.39 is 0 Å². The van der Waals surface area contributed by atoms with Crippen LogP contribution in [0, 0.1) is 0 Å². The van der Waals surface area contributed by atoms with Crippen LogP contribution in [0.5, 0.6) is 0 Å². The molecule has 126 valence electrons. The first-order valence-corrected chi connectivity index (χ1v) is 9.16. The van der Waals surface area contributed by atoms with Gasteiger partial charge >= 0.3 is 0 Å². The quantitative estimate of drug-likeness (QED) is 0.307. The first kappa shape index (κ1) is 14.5. The largest absolute Gasteiger partial charge is 0.298 e. The molecule has 2 heterocycles. The normalized spacial score (nSPS) is 11.7. The molecule has 0 unspecified atom stereocenters. The number of hydrogen-bond acceptors (Lipinski definition) is 1. The maximum Gasteiger partial charge on any atom is 0.100 e. The van der Waals surface area contributed by atoms with Crippen molar-refractivity contribution in [3.05, 3.63) is 97.3 Å². The molecule has 27 heavy (non-hydrogen) atoms. The minimum Gasteiger partial charge on any atom is -0.298 e. The van der Waals surface area contributed by atoms with Crippen molar-refractivity contribution in [2.24, 2.45) is 0 Å². The van der Waals surface area contributed by atoms with Crippen LogP contribution in [0.4, 0.5) is 0 Å². The number of fused-ring (bicyclic) bond motifs is 7. The Morgan fingerprint density at radius 1 is 0.481 bits per heavy atom. The van der Waals surface area contributed by atoms with E-state index in [0.29, 0.717) is 0 Å². The number of para-hydroxylation sites is 2. The van der Waals surface area contributed by atoms with Gasteiger partial charge in [0, 0.05) is 10.8 Å². The fraction of sp³-hybridized carbons (Fsp3) is 0. The molecule has 2 aromatic heterocycles. The molecule has 0 atom stereocenters. The molecule has 0 bridgehead atoms. The molecule has 2 nitrogen and oxygen atoms in total. The van der Waals surface area contributed by atoms with Gasteiger partial charge in [-0.05, 0) is 33.7 Å². The Balaban J connectivity index is 2.16. The lowest BCUT2D eigenvalue weighted by Gasteiger charge is -2.02. The van der Waals surface area contributed by atoms with E-state index >= 15 is 0 Å². The Bertz CT molecular complexity index is 1420. The highest BCUT2D eigenvalue weighted by Gasteiger charge is 2.09. The molecular weight excluding hydrogens is 328 g/mol. The number of benzene rings is 4. The second kappa shape index (κ2) is 5.42. The molecule has 0 saturated carbocycles. The SMILES string of the molecule is c1ccc2c(c1)c1ccccc1c1cccc3ncn(c4ccccc24)c31. The number of imidazole rings is 1. The minimum absolute atomic E-state index is 1.02. The van der Waals surface area contributed by atoms with Crippen molar-refractivity contribution in [3.8, 4) is 0 Å². The third kappa shape index (κ3) is 1.98. The predicted molar refractivity (Wildman–Crippen MR) is 114 cm³/mol. The summed E-state index contributed by atoms with van der Waals surface area (Å²) in [4.78, 5) is 4.70. The Labute approximate surface area is 156 Å². The zero-order valence-corrected chi connectivity index (χ0v) is 14.6. The van der Waals surface area contributed by atoms with E-state index in [4.69, 9.17) is 4.98 Å². The van der Waals surface area contributed by atoms with Gasteiger partial charge in [-0.25, -0.2) is 4.98 Å². The zero-order valence-electron chi connectivity index (χ0n) is 14.6. The molecule has 0 aliphatic rings. The third-order valence-corrected chi connectivity index (χ3v) is 5.46. The van der Waals surface area contributed by atoms with Crippen LogP contribution in [0.25, 0.3) is 48.9 Å². The van der Waals surface area contributed by atoms with E-state index in [1.165, 1.54) is 32.3 Å². The summed E-state index contributed by atoms with van der Waals surface area (Å²) in [5.74, 6) is 0. The summed E-state index contributed by atoms with van der Waals surface area (Å²) in [7, 11) is 0. The molecular formula is C25H16N2. The van der Waals surface area contributed by atoms with Crippen LogP contribution >= 0.6 is 0 Å². The summed E-state index contributed by atoms with van der Waals surface area (Å²) in [6.45, 7) is 0. The van der Waals surface area contributed by atoms with Crippen LogP contribution in [0.3, 0.4) is 0 Å². The molecule has 4 aromatic carbocycles. The summed E-state index contributed by atoms with van der Waals surface area (Å²) in [5.41, 5.74) is 3.33. The first-order chi connectivity index (χ1) is 13.4. The van der Waals surface area contributed by atoms with Gasteiger partial charge in [-0.2, -0.15) is 0 Å². The van der Waals surface area contributed by atoms with Crippen LogP contribution in [-0.2, 0) is 0 Å². The molecule has 6 rings (SSSR count). The molecule has 0 N–H and O–H groups in total. The van der Waals surface area contributed by atoms with Crippen LogP contribution in [0.1, 0.15) is 0 Å². The lowest BCUT2D eigenvalue weighted by molar-refractivity contribution is 1.22. The summed E-state index contributed by atoms with van der Waals surface area (Å²) in [6.07, 6.45) is 1.95. The minimum atomic E-state index is 1.02. The third-order valence-electron chi connectivity index (χ3n) is 5.46. The van der Waals surface area contributed by atoms with E-state index in [2.05, 4.69) is 95.4 Å². The monoisotopic (exact) mass is 344 g/mol. The second-order valence-electron chi connectivity index (χ2n) is 6.90. The molecule has 0 aliphatic carbocycles. The standard InChI is InChI=1S/C25H16N2/c1-3-10-19-17(8-1)18-9-2-4-11-20(18)22-13-7-14-23-25(22)27(16-26-23)24-15-6-5-12-21(19)24/h1-16H. The second-order valence-corrected chi connectivity index (χ2v) is 6.90. The molecule has 0 aliphatic heterocycles. The smallest absolute Gasteiger partial charge is 0.100 e. The number of aromatic nitrogens is 2. The van der Waals surface area contributed by atoms with E-state index in [0.717, 1.165) is 16.6 Å². The maximum atomic E-state index is 4.70. The lowest BCUT2D eigenvalue weighted by atomic mass is 10.0. The molecule has 2 heteroatoms. The highest BCUT2D eigenvalue weighted by atomic mass is 15.0. The average molecular weight is 344 g/mol. The average Bonchev–Trinajstić information content (AvgIpc) is 3.18. The van der Waals surface area contributed by atoms with Crippen LogP contribution in [0.2, 0.25) is 0 Å². The maximum absolute atomic E-state index is 4.70. The topological polar surface area (TPSA) is 17.3 Å². The van der Waals surface area contributed by atoms with Crippen molar-refractivity contribution in [1.82, 2.24) is 9.38 Å². The molecule has 0 amide bonds. The number of nitrogens with zero attached hydrogens (tertiary/aromatic N) is 2. The van der Waals surface area contributed by atoms with E-state index in [1.807, 2.05) is 6.33 Å². The van der Waals surface area contributed by atoms with E-state index in [-0.39, 0.29) is 0 Å². The molecule has 0 spiro atoms. The summed E-state index contributed by atoms with van der Waals surface area (Å²) >= 11 is 0. The Hall–Kier alpha value is -3.65. The highest BCUT2D eigenvalue weighted by Crippen LogP contribution is 2.33. The molecule has 6 aromatic rings. The van der Waals surface area contributed by atoms with Gasteiger partial charge in [0.15, 0.2) is 0 Å². The number of hydrogen-bond donors (Lipinski definition) is 0. The lowest BCUT2D eigenvalue weighted by Crippen LogP contribution is -1.84. The van der Waals surface area contributed by atoms with Gasteiger partial charge in [0.05, 0.1) is 16.6 Å². The van der Waals surface area contributed by atoms with Gasteiger partial charge in [-0.15, -0.1) is 0 Å². The van der Waals surface area contributed by atoms with Crippen LogP contribution in [0.15, 0.2) is 97.3 Å². The van der Waals surface area contributed by atoms with Crippen molar-refractivity contribution >= 4 is 48.9 Å². The van der Waals surface area contributed by atoms with Gasteiger partial charge in [0.2, 0.25) is 0 Å². The van der Waals surface area contributed by atoms with Crippen LogP contribution in [-0.4, -0.2) is 9.38 Å². The summed E-state index contributed by atoms with van der Waals surface area (Å²) < 4.78 is 2.24. The van der Waals surface area contributed by atoms with Crippen molar-refractivity contribution in [1.29, 1.82) is 0 Å². The van der Waals surface area contributed by atoms with Crippen LogP contribution < -0.4 is 0 Å². The van der Waals surface area contributed by atoms with Gasteiger partial charge in [0.25, 0.3) is 0 Å².